The Kier molecular flexibility index (Phi) is 4.19. The first-order chi connectivity index (χ1) is 11.4. The molecule has 7 heteroatoms. The predicted octanol–water partition coefficient (Wildman–Crippen LogP) is 3.65. The third-order valence-corrected chi connectivity index (χ3v) is 4.62. The standard InChI is InChI=1S/C17H15F2N3OS/c1-9-13(17(20)23)6-16(15-8-24-10(2)21-15)22(9)7-11-5-12(18)3-4-14(11)19/h3-6,8H,7H2,1-2H3,(H2,20,23). The normalized spacial score (nSPS) is 11.0. The van der Waals surface area contributed by atoms with E-state index in [-0.39, 0.29) is 12.1 Å². The number of hydrogen-bond acceptors (Lipinski definition) is 3. The van der Waals surface area contributed by atoms with E-state index >= 15 is 0 Å². The zero-order valence-corrected chi connectivity index (χ0v) is 14.0. The Labute approximate surface area is 141 Å². The summed E-state index contributed by atoms with van der Waals surface area (Å²) in [5.74, 6) is -1.60. The number of aromatic nitrogens is 2. The van der Waals surface area contributed by atoms with Crippen LogP contribution in [-0.2, 0) is 6.54 Å². The highest BCUT2D eigenvalue weighted by Crippen LogP contribution is 2.28. The Morgan fingerprint density at radius 2 is 2.04 bits per heavy atom. The number of primary amides is 1. The van der Waals surface area contributed by atoms with Crippen molar-refractivity contribution in [3.8, 4) is 11.4 Å². The number of halogens is 2. The largest absolute Gasteiger partial charge is 0.366 e. The van der Waals surface area contributed by atoms with E-state index in [2.05, 4.69) is 4.98 Å². The van der Waals surface area contributed by atoms with E-state index in [9.17, 15) is 13.6 Å². The summed E-state index contributed by atoms with van der Waals surface area (Å²) in [6.45, 7) is 3.67. The number of nitrogens with zero attached hydrogens (tertiary/aromatic N) is 2. The van der Waals surface area contributed by atoms with Crippen molar-refractivity contribution in [2.45, 2.75) is 20.4 Å². The summed E-state index contributed by atoms with van der Waals surface area (Å²) in [5.41, 5.74) is 7.86. The van der Waals surface area contributed by atoms with E-state index in [0.717, 1.165) is 23.2 Å². The number of thiazole rings is 1. The van der Waals surface area contributed by atoms with E-state index in [0.29, 0.717) is 22.6 Å². The van der Waals surface area contributed by atoms with Crippen LogP contribution in [0.2, 0.25) is 0 Å². The number of nitrogens with two attached hydrogens (primary N) is 1. The Balaban J connectivity index is 2.15. The van der Waals surface area contributed by atoms with Gasteiger partial charge in [0.1, 0.15) is 11.6 Å². The van der Waals surface area contributed by atoms with Crippen LogP contribution in [0.25, 0.3) is 11.4 Å². The second kappa shape index (κ2) is 6.16. The predicted molar refractivity (Wildman–Crippen MR) is 89.0 cm³/mol. The van der Waals surface area contributed by atoms with E-state index in [1.54, 1.807) is 17.6 Å². The molecule has 0 saturated heterocycles. The zero-order chi connectivity index (χ0) is 17.4. The third-order valence-electron chi connectivity index (χ3n) is 3.85. The molecule has 1 aromatic carbocycles. The zero-order valence-electron chi connectivity index (χ0n) is 13.1. The van der Waals surface area contributed by atoms with Crippen LogP contribution in [0.1, 0.15) is 26.6 Å². The quantitative estimate of drug-likeness (QED) is 0.783. The number of hydrogen-bond donors (Lipinski definition) is 1. The van der Waals surface area contributed by atoms with Crippen LogP contribution in [0, 0.1) is 25.5 Å². The molecular weight excluding hydrogens is 332 g/mol. The minimum Gasteiger partial charge on any atom is -0.366 e. The van der Waals surface area contributed by atoms with Gasteiger partial charge < -0.3 is 10.3 Å². The van der Waals surface area contributed by atoms with Gasteiger partial charge in [-0.1, -0.05) is 0 Å². The highest BCUT2D eigenvalue weighted by atomic mass is 32.1. The van der Waals surface area contributed by atoms with Crippen molar-refractivity contribution < 1.29 is 13.6 Å². The van der Waals surface area contributed by atoms with E-state index < -0.39 is 17.5 Å². The molecule has 0 fully saturated rings. The van der Waals surface area contributed by atoms with Crippen molar-refractivity contribution in [3.05, 3.63) is 63.1 Å². The second-order valence-electron chi connectivity index (χ2n) is 5.47. The summed E-state index contributed by atoms with van der Waals surface area (Å²) < 4.78 is 29.2. The first-order valence-electron chi connectivity index (χ1n) is 7.23. The SMILES string of the molecule is Cc1nc(-c2cc(C(N)=O)c(C)n2Cc2cc(F)ccc2F)cs1. The number of benzene rings is 1. The number of rotatable bonds is 4. The van der Waals surface area contributed by atoms with Gasteiger partial charge >= 0.3 is 0 Å². The second-order valence-corrected chi connectivity index (χ2v) is 6.53. The monoisotopic (exact) mass is 347 g/mol. The number of aryl methyl sites for hydroxylation is 1. The van der Waals surface area contributed by atoms with Crippen LogP contribution in [-0.4, -0.2) is 15.5 Å². The van der Waals surface area contributed by atoms with Gasteiger partial charge in [0.15, 0.2) is 0 Å². The molecule has 0 unspecified atom stereocenters. The lowest BCUT2D eigenvalue weighted by Gasteiger charge is -2.12. The first kappa shape index (κ1) is 16.3. The number of amides is 1. The highest BCUT2D eigenvalue weighted by molar-refractivity contribution is 7.09. The van der Waals surface area contributed by atoms with Crippen LogP contribution < -0.4 is 5.73 Å². The molecule has 3 aromatic rings. The van der Waals surface area contributed by atoms with Crippen molar-refractivity contribution in [2.75, 3.05) is 0 Å². The van der Waals surface area contributed by atoms with Gasteiger partial charge in [-0.05, 0) is 38.1 Å². The average molecular weight is 347 g/mol. The smallest absolute Gasteiger partial charge is 0.250 e. The fraction of sp³-hybridized carbons (Fsp3) is 0.176. The molecule has 24 heavy (non-hydrogen) atoms. The molecular formula is C17H15F2N3OS. The van der Waals surface area contributed by atoms with Gasteiger partial charge in [-0.25, -0.2) is 13.8 Å². The maximum absolute atomic E-state index is 14.0. The van der Waals surface area contributed by atoms with E-state index in [1.807, 2.05) is 12.3 Å². The molecule has 0 atom stereocenters. The van der Waals surface area contributed by atoms with Crippen LogP contribution in [0.15, 0.2) is 29.6 Å². The molecule has 0 aliphatic carbocycles. The lowest BCUT2D eigenvalue weighted by Crippen LogP contribution is -2.13. The maximum atomic E-state index is 14.0. The lowest BCUT2D eigenvalue weighted by atomic mass is 10.2. The Morgan fingerprint density at radius 1 is 1.29 bits per heavy atom. The molecule has 0 aliphatic rings. The summed E-state index contributed by atoms with van der Waals surface area (Å²) in [6, 6.07) is 4.95. The van der Waals surface area contributed by atoms with Crippen molar-refractivity contribution >= 4 is 17.2 Å². The fourth-order valence-electron chi connectivity index (χ4n) is 2.63. The summed E-state index contributed by atoms with van der Waals surface area (Å²) in [7, 11) is 0. The minimum absolute atomic E-state index is 0.0780. The summed E-state index contributed by atoms with van der Waals surface area (Å²) in [5, 5.41) is 2.72. The molecule has 3 rings (SSSR count). The van der Waals surface area contributed by atoms with Crippen molar-refractivity contribution in [1.29, 1.82) is 0 Å². The highest BCUT2D eigenvalue weighted by Gasteiger charge is 2.19. The number of carbonyl (C=O) groups is 1. The fourth-order valence-corrected chi connectivity index (χ4v) is 3.23. The Morgan fingerprint density at radius 3 is 2.67 bits per heavy atom. The van der Waals surface area contributed by atoms with Gasteiger partial charge in [0, 0.05) is 16.6 Å². The number of carbonyl (C=O) groups excluding carboxylic acids is 1. The molecule has 0 radical (unpaired) electrons. The lowest BCUT2D eigenvalue weighted by molar-refractivity contribution is 0.0999. The third kappa shape index (κ3) is 2.94. The Hall–Kier alpha value is -2.54. The molecule has 0 spiro atoms. The summed E-state index contributed by atoms with van der Waals surface area (Å²) >= 11 is 1.47. The molecule has 0 bridgehead atoms. The van der Waals surface area contributed by atoms with Crippen molar-refractivity contribution in [3.63, 3.8) is 0 Å². The van der Waals surface area contributed by atoms with E-state index in [4.69, 9.17) is 5.73 Å². The van der Waals surface area contributed by atoms with Gasteiger partial charge in [0.25, 0.3) is 5.91 Å². The molecule has 2 N–H and O–H groups in total. The van der Waals surface area contributed by atoms with Gasteiger partial charge in [0.05, 0.1) is 28.5 Å². The van der Waals surface area contributed by atoms with Crippen molar-refractivity contribution in [1.82, 2.24) is 9.55 Å². The molecule has 0 saturated carbocycles. The van der Waals surface area contributed by atoms with Crippen LogP contribution in [0.5, 0.6) is 0 Å². The molecule has 4 nitrogen and oxygen atoms in total. The molecule has 124 valence electrons. The molecule has 1 amide bonds. The van der Waals surface area contributed by atoms with Gasteiger partial charge in [-0.3, -0.25) is 4.79 Å². The van der Waals surface area contributed by atoms with Gasteiger partial charge in [-0.2, -0.15) is 0 Å². The van der Waals surface area contributed by atoms with Crippen LogP contribution >= 0.6 is 11.3 Å². The minimum atomic E-state index is -0.570. The maximum Gasteiger partial charge on any atom is 0.250 e. The van der Waals surface area contributed by atoms with E-state index in [1.165, 1.54) is 11.3 Å². The van der Waals surface area contributed by atoms with Gasteiger partial charge in [0.2, 0.25) is 0 Å². The Bertz CT molecular complexity index is 930. The molecule has 0 aliphatic heterocycles. The first-order valence-corrected chi connectivity index (χ1v) is 8.11. The van der Waals surface area contributed by atoms with Crippen molar-refractivity contribution in [2.24, 2.45) is 5.73 Å². The summed E-state index contributed by atoms with van der Waals surface area (Å²) in [4.78, 5) is 16.1. The molecule has 2 heterocycles. The van der Waals surface area contributed by atoms with Crippen LogP contribution in [0.3, 0.4) is 0 Å². The molecule has 2 aromatic heterocycles. The van der Waals surface area contributed by atoms with Crippen LogP contribution in [0.4, 0.5) is 8.78 Å². The topological polar surface area (TPSA) is 60.9 Å². The average Bonchev–Trinajstić information content (AvgIpc) is 3.08. The summed E-state index contributed by atoms with van der Waals surface area (Å²) in [6.07, 6.45) is 0. The van der Waals surface area contributed by atoms with Gasteiger partial charge in [-0.15, -0.1) is 11.3 Å².